The van der Waals surface area contributed by atoms with Gasteiger partial charge < -0.3 is 0 Å². The van der Waals surface area contributed by atoms with E-state index in [0.717, 1.165) is 11.3 Å². The number of thiazole rings is 1. The highest BCUT2D eigenvalue weighted by Gasteiger charge is 2.16. The van der Waals surface area contributed by atoms with Crippen LogP contribution in [0.4, 0.5) is 5.13 Å². The zero-order valence-electron chi connectivity index (χ0n) is 14.7. The monoisotopic (exact) mass is 376 g/mol. The molecule has 7 heteroatoms. The fourth-order valence-electron chi connectivity index (χ4n) is 2.81. The number of nitrogens with one attached hydrogen (secondary N) is 2. The van der Waals surface area contributed by atoms with Crippen molar-refractivity contribution in [1.82, 2.24) is 15.2 Å². The number of anilines is 1. The summed E-state index contributed by atoms with van der Waals surface area (Å²) in [4.78, 5) is 29.0. The van der Waals surface area contributed by atoms with E-state index in [-0.39, 0.29) is 11.3 Å². The number of rotatable bonds is 3. The van der Waals surface area contributed by atoms with Crippen LogP contribution in [0, 0.1) is 13.8 Å². The first kappa shape index (κ1) is 17.1. The molecule has 0 aliphatic rings. The third-order valence-electron chi connectivity index (χ3n) is 4.44. The molecule has 2 heterocycles. The second kappa shape index (κ2) is 6.77. The van der Waals surface area contributed by atoms with Gasteiger partial charge in [-0.25, -0.2) is 10.1 Å². The number of benzene rings is 2. The van der Waals surface area contributed by atoms with Gasteiger partial charge in [0, 0.05) is 16.3 Å². The highest BCUT2D eigenvalue weighted by Crippen LogP contribution is 2.27. The number of aromatic amines is 1. The van der Waals surface area contributed by atoms with E-state index < -0.39 is 5.91 Å². The number of H-pyrrole nitrogens is 1. The molecule has 0 unspecified atom stereocenters. The number of carbonyl (C=O) groups excluding carboxylic acids is 1. The summed E-state index contributed by atoms with van der Waals surface area (Å²) in [5.74, 6) is -0.413. The maximum absolute atomic E-state index is 12.7. The minimum Gasteiger partial charge on any atom is -0.296 e. The van der Waals surface area contributed by atoms with Gasteiger partial charge in [-0.15, -0.1) is 11.3 Å². The highest BCUT2D eigenvalue weighted by molar-refractivity contribution is 7.14. The number of aryl methyl sites for hydroxylation is 2. The number of carbonyl (C=O) groups is 1. The average molecular weight is 376 g/mol. The van der Waals surface area contributed by atoms with E-state index >= 15 is 0 Å². The van der Waals surface area contributed by atoms with Gasteiger partial charge in [-0.05, 0) is 37.1 Å². The van der Waals surface area contributed by atoms with Crippen molar-refractivity contribution in [2.24, 2.45) is 0 Å². The van der Waals surface area contributed by atoms with Gasteiger partial charge in [0.15, 0.2) is 10.8 Å². The van der Waals surface area contributed by atoms with Crippen molar-refractivity contribution in [2.45, 2.75) is 13.8 Å². The predicted molar refractivity (Wildman–Crippen MR) is 107 cm³/mol. The minimum absolute atomic E-state index is 0.160. The summed E-state index contributed by atoms with van der Waals surface area (Å²) >= 11 is 1.34. The Bertz CT molecular complexity index is 1230. The van der Waals surface area contributed by atoms with Crippen LogP contribution in [-0.2, 0) is 0 Å². The van der Waals surface area contributed by atoms with Crippen LogP contribution in [0.25, 0.3) is 22.0 Å². The number of hydrogen-bond acceptors (Lipinski definition) is 5. The SMILES string of the molecule is Cc1ccc(-c2csc(NC(=O)c3n[nH]c(=O)c4ccccc34)n2)cc1C. The molecule has 2 aromatic heterocycles. The molecule has 0 saturated carbocycles. The van der Waals surface area contributed by atoms with Gasteiger partial charge in [-0.2, -0.15) is 5.10 Å². The Kier molecular flexibility index (Phi) is 4.29. The van der Waals surface area contributed by atoms with Crippen LogP contribution in [0.5, 0.6) is 0 Å². The molecule has 0 aliphatic carbocycles. The average Bonchev–Trinajstić information content (AvgIpc) is 3.13. The van der Waals surface area contributed by atoms with E-state index in [9.17, 15) is 9.59 Å². The van der Waals surface area contributed by atoms with Crippen molar-refractivity contribution in [3.05, 3.63) is 75.0 Å². The first-order valence-electron chi connectivity index (χ1n) is 8.35. The third-order valence-corrected chi connectivity index (χ3v) is 5.20. The summed E-state index contributed by atoms with van der Waals surface area (Å²) in [6.45, 7) is 4.12. The van der Waals surface area contributed by atoms with E-state index in [2.05, 4.69) is 46.5 Å². The van der Waals surface area contributed by atoms with Gasteiger partial charge in [-0.3, -0.25) is 14.9 Å². The first-order chi connectivity index (χ1) is 13.0. The van der Waals surface area contributed by atoms with Crippen molar-refractivity contribution in [3.63, 3.8) is 0 Å². The maximum Gasteiger partial charge on any atom is 0.278 e. The van der Waals surface area contributed by atoms with Gasteiger partial charge >= 0.3 is 0 Å². The van der Waals surface area contributed by atoms with Gasteiger partial charge in [0.25, 0.3) is 11.5 Å². The molecule has 6 nitrogen and oxygen atoms in total. The van der Waals surface area contributed by atoms with Gasteiger partial charge in [-0.1, -0.05) is 30.3 Å². The lowest BCUT2D eigenvalue weighted by atomic mass is 10.1. The molecule has 0 saturated heterocycles. The lowest BCUT2D eigenvalue weighted by Crippen LogP contribution is -2.19. The van der Waals surface area contributed by atoms with Crippen LogP contribution in [-0.4, -0.2) is 21.1 Å². The highest BCUT2D eigenvalue weighted by atomic mass is 32.1. The molecule has 0 bridgehead atoms. The van der Waals surface area contributed by atoms with Crippen molar-refractivity contribution in [3.8, 4) is 11.3 Å². The summed E-state index contributed by atoms with van der Waals surface area (Å²) in [5.41, 5.74) is 4.05. The smallest absolute Gasteiger partial charge is 0.278 e. The van der Waals surface area contributed by atoms with Crippen molar-refractivity contribution in [2.75, 3.05) is 5.32 Å². The van der Waals surface area contributed by atoms with E-state index in [1.54, 1.807) is 24.3 Å². The molecule has 0 fully saturated rings. The standard InChI is InChI=1S/C20H16N4O2S/c1-11-7-8-13(9-12(11)2)16-10-27-20(21-16)22-19(26)17-14-5-3-4-6-15(14)18(25)24-23-17/h3-10H,1-2H3,(H,24,25)(H,21,22,26). The molecule has 134 valence electrons. The number of nitrogens with zero attached hydrogens (tertiary/aromatic N) is 2. The normalized spacial score (nSPS) is 10.9. The molecular weight excluding hydrogens is 360 g/mol. The molecule has 1 amide bonds. The van der Waals surface area contributed by atoms with Crippen molar-refractivity contribution in [1.29, 1.82) is 0 Å². The Morgan fingerprint density at radius 3 is 2.63 bits per heavy atom. The first-order valence-corrected chi connectivity index (χ1v) is 9.23. The molecule has 27 heavy (non-hydrogen) atoms. The second-order valence-electron chi connectivity index (χ2n) is 6.24. The van der Waals surface area contributed by atoms with Crippen LogP contribution in [0.1, 0.15) is 21.6 Å². The number of amides is 1. The van der Waals surface area contributed by atoms with E-state index in [1.807, 2.05) is 11.4 Å². The van der Waals surface area contributed by atoms with Crippen LogP contribution >= 0.6 is 11.3 Å². The fraction of sp³-hybridized carbons (Fsp3) is 0.100. The molecular formula is C20H16N4O2S. The molecule has 0 aliphatic heterocycles. The zero-order valence-corrected chi connectivity index (χ0v) is 15.6. The number of hydrogen-bond donors (Lipinski definition) is 2. The minimum atomic E-state index is -0.413. The quantitative estimate of drug-likeness (QED) is 0.567. The Morgan fingerprint density at radius 1 is 1.07 bits per heavy atom. The van der Waals surface area contributed by atoms with Crippen molar-refractivity contribution < 1.29 is 4.79 Å². The Hall–Kier alpha value is -3.32. The Morgan fingerprint density at radius 2 is 1.85 bits per heavy atom. The summed E-state index contributed by atoms with van der Waals surface area (Å²) in [6.07, 6.45) is 0. The molecule has 4 rings (SSSR count). The Labute approximate surface area is 158 Å². The maximum atomic E-state index is 12.7. The molecule has 2 N–H and O–H groups in total. The molecule has 2 aromatic carbocycles. The molecule has 0 radical (unpaired) electrons. The summed E-state index contributed by atoms with van der Waals surface area (Å²) < 4.78 is 0. The van der Waals surface area contributed by atoms with E-state index in [1.165, 1.54) is 22.5 Å². The topological polar surface area (TPSA) is 87.7 Å². The Balaban J connectivity index is 1.63. The van der Waals surface area contributed by atoms with E-state index in [0.29, 0.717) is 15.9 Å². The number of aromatic nitrogens is 3. The predicted octanol–water partition coefficient (Wildman–Crippen LogP) is 3.92. The summed E-state index contributed by atoms with van der Waals surface area (Å²) in [6, 6.07) is 13.0. The van der Waals surface area contributed by atoms with Crippen LogP contribution in [0.3, 0.4) is 0 Å². The van der Waals surface area contributed by atoms with Gasteiger partial charge in [0.05, 0.1) is 11.1 Å². The molecule has 0 atom stereocenters. The lowest BCUT2D eigenvalue weighted by molar-refractivity contribution is 0.102. The second-order valence-corrected chi connectivity index (χ2v) is 7.10. The van der Waals surface area contributed by atoms with Gasteiger partial charge in [0.1, 0.15) is 0 Å². The van der Waals surface area contributed by atoms with Gasteiger partial charge in [0.2, 0.25) is 0 Å². The lowest BCUT2D eigenvalue weighted by Gasteiger charge is -2.04. The fourth-order valence-corrected chi connectivity index (χ4v) is 3.52. The van der Waals surface area contributed by atoms with E-state index in [4.69, 9.17) is 0 Å². The van der Waals surface area contributed by atoms with Crippen molar-refractivity contribution >= 4 is 33.1 Å². The summed E-state index contributed by atoms with van der Waals surface area (Å²) in [5, 5.41) is 12.4. The van der Waals surface area contributed by atoms with Crippen LogP contribution < -0.4 is 10.9 Å². The van der Waals surface area contributed by atoms with Crippen LogP contribution in [0.2, 0.25) is 0 Å². The zero-order chi connectivity index (χ0) is 19.0. The third kappa shape index (κ3) is 3.24. The molecule has 4 aromatic rings. The van der Waals surface area contributed by atoms with Crippen LogP contribution in [0.15, 0.2) is 52.6 Å². The number of fused-ring (bicyclic) bond motifs is 1. The largest absolute Gasteiger partial charge is 0.296 e. The molecule has 0 spiro atoms. The summed E-state index contributed by atoms with van der Waals surface area (Å²) in [7, 11) is 0.